The maximum Gasteiger partial charge on any atom is 0.408 e. The van der Waals surface area contributed by atoms with Crippen LogP contribution >= 0.6 is 0 Å². The molecule has 0 aromatic carbocycles. The van der Waals surface area contributed by atoms with Gasteiger partial charge in [0.15, 0.2) is 0 Å². The third-order valence-electron chi connectivity index (χ3n) is 3.02. The van der Waals surface area contributed by atoms with Crippen LogP contribution in [0.15, 0.2) is 0 Å². The molecular formula is C12H23N3O2. The van der Waals surface area contributed by atoms with E-state index >= 15 is 0 Å². The predicted molar refractivity (Wildman–Crippen MR) is 67.0 cm³/mol. The second-order valence-corrected chi connectivity index (χ2v) is 5.97. The minimum Gasteiger partial charge on any atom is -0.444 e. The van der Waals surface area contributed by atoms with Gasteiger partial charge in [0.2, 0.25) is 0 Å². The molecule has 17 heavy (non-hydrogen) atoms. The number of nitrogens with one attached hydrogen (secondary N) is 2. The minimum absolute atomic E-state index is 0.0210. The first kappa shape index (κ1) is 13.8. The van der Waals surface area contributed by atoms with Crippen LogP contribution in [-0.4, -0.2) is 23.1 Å². The molecule has 1 saturated carbocycles. The van der Waals surface area contributed by atoms with Gasteiger partial charge in [0.05, 0.1) is 0 Å². The Labute approximate surface area is 103 Å². The summed E-state index contributed by atoms with van der Waals surface area (Å²) < 4.78 is 5.21. The van der Waals surface area contributed by atoms with Gasteiger partial charge in [0, 0.05) is 0 Å². The summed E-state index contributed by atoms with van der Waals surface area (Å²) in [5.74, 6) is 0.488. The van der Waals surface area contributed by atoms with Crippen LogP contribution in [0.1, 0.15) is 47.0 Å². The Morgan fingerprint density at radius 2 is 2.12 bits per heavy atom. The molecule has 5 nitrogen and oxygen atoms in total. The summed E-state index contributed by atoms with van der Waals surface area (Å²) in [5.41, 5.74) is 4.38. The fourth-order valence-electron chi connectivity index (χ4n) is 2.22. The topological polar surface area (TPSA) is 88.2 Å². The first-order valence-electron chi connectivity index (χ1n) is 6.00. The smallest absolute Gasteiger partial charge is 0.408 e. The summed E-state index contributed by atoms with van der Waals surface area (Å²) in [5, 5.41) is 10.4. The van der Waals surface area contributed by atoms with Crippen LogP contribution in [0.2, 0.25) is 0 Å². The van der Waals surface area contributed by atoms with E-state index in [4.69, 9.17) is 15.9 Å². The van der Waals surface area contributed by atoms with Crippen LogP contribution in [0.4, 0.5) is 4.79 Å². The Morgan fingerprint density at radius 1 is 1.53 bits per heavy atom. The Bertz CT molecular complexity index is 322. The molecule has 1 aliphatic rings. The van der Waals surface area contributed by atoms with E-state index in [2.05, 4.69) is 12.2 Å². The van der Waals surface area contributed by atoms with Crippen LogP contribution in [0.25, 0.3) is 0 Å². The molecule has 98 valence electrons. The third kappa shape index (κ3) is 3.61. The van der Waals surface area contributed by atoms with Gasteiger partial charge in [-0.15, -0.1) is 0 Å². The lowest BCUT2D eigenvalue weighted by Crippen LogP contribution is -2.56. The Kier molecular flexibility index (Phi) is 3.69. The number of hydrogen-bond donors (Lipinski definition) is 3. The maximum atomic E-state index is 11.7. The van der Waals surface area contributed by atoms with E-state index in [9.17, 15) is 4.79 Å². The zero-order chi connectivity index (χ0) is 13.3. The van der Waals surface area contributed by atoms with E-state index in [1.165, 1.54) is 0 Å². The molecule has 1 rings (SSSR count). The van der Waals surface area contributed by atoms with E-state index in [1.807, 2.05) is 20.8 Å². The molecule has 0 radical (unpaired) electrons. The van der Waals surface area contributed by atoms with Crippen molar-refractivity contribution in [2.24, 2.45) is 11.7 Å². The lowest BCUT2D eigenvalue weighted by molar-refractivity contribution is 0.0485. The molecule has 2 unspecified atom stereocenters. The van der Waals surface area contributed by atoms with Crippen molar-refractivity contribution in [3.05, 3.63) is 0 Å². The van der Waals surface area contributed by atoms with Gasteiger partial charge < -0.3 is 15.8 Å². The van der Waals surface area contributed by atoms with Gasteiger partial charge in [0.1, 0.15) is 17.0 Å². The molecule has 0 heterocycles. The molecule has 0 aromatic rings. The normalized spacial score (nSPS) is 28.8. The molecule has 0 bridgehead atoms. The number of rotatable bonds is 2. The van der Waals surface area contributed by atoms with Crippen molar-refractivity contribution in [1.82, 2.24) is 5.32 Å². The number of carbonyl (C=O) groups excluding carboxylic acids is 1. The zero-order valence-electron chi connectivity index (χ0n) is 11.1. The number of hydrogen-bond acceptors (Lipinski definition) is 3. The fraction of sp³-hybridized carbons (Fsp3) is 0.833. The van der Waals surface area contributed by atoms with Crippen LogP contribution < -0.4 is 11.1 Å². The molecule has 2 atom stereocenters. The highest BCUT2D eigenvalue weighted by atomic mass is 16.6. The zero-order valence-corrected chi connectivity index (χ0v) is 11.1. The van der Waals surface area contributed by atoms with Crippen molar-refractivity contribution in [1.29, 1.82) is 5.41 Å². The van der Waals surface area contributed by atoms with Crippen molar-refractivity contribution in [2.45, 2.75) is 58.1 Å². The third-order valence-corrected chi connectivity index (χ3v) is 3.02. The molecule has 1 aliphatic carbocycles. The lowest BCUT2D eigenvalue weighted by Gasteiger charge is -2.30. The molecule has 4 N–H and O–H groups in total. The first-order valence-corrected chi connectivity index (χ1v) is 6.00. The van der Waals surface area contributed by atoms with Gasteiger partial charge in [-0.2, -0.15) is 0 Å². The monoisotopic (exact) mass is 241 g/mol. The second-order valence-electron chi connectivity index (χ2n) is 5.97. The first-order chi connectivity index (χ1) is 7.65. The van der Waals surface area contributed by atoms with E-state index in [1.54, 1.807) is 0 Å². The number of nitrogens with two attached hydrogens (primary N) is 1. The molecule has 1 fully saturated rings. The van der Waals surface area contributed by atoms with Crippen LogP contribution in [0, 0.1) is 11.3 Å². The minimum atomic E-state index is -0.707. The summed E-state index contributed by atoms with van der Waals surface area (Å²) in [6.45, 7) is 7.53. The largest absolute Gasteiger partial charge is 0.444 e. The SMILES string of the molecule is CC1CCC(NC(=O)OC(C)(C)C)(C(=N)N)C1. The molecule has 1 amide bonds. The number of alkyl carbamates (subject to hydrolysis) is 1. The van der Waals surface area contributed by atoms with E-state index in [0.717, 1.165) is 6.42 Å². The standard InChI is InChI=1S/C12H23N3O2/c1-8-5-6-12(7-8,9(13)14)15-10(16)17-11(2,3)4/h8H,5-7H2,1-4H3,(H3,13,14)(H,15,16). The number of amidine groups is 1. The van der Waals surface area contributed by atoms with Crippen molar-refractivity contribution >= 4 is 11.9 Å². The van der Waals surface area contributed by atoms with Crippen molar-refractivity contribution in [2.75, 3.05) is 0 Å². The molecular weight excluding hydrogens is 218 g/mol. The number of amides is 1. The number of carbonyl (C=O) groups is 1. The van der Waals surface area contributed by atoms with E-state index < -0.39 is 17.2 Å². The molecule has 0 aromatic heterocycles. The molecule has 0 spiro atoms. The van der Waals surface area contributed by atoms with Crippen LogP contribution in [0.5, 0.6) is 0 Å². The van der Waals surface area contributed by atoms with E-state index in [0.29, 0.717) is 18.8 Å². The van der Waals surface area contributed by atoms with E-state index in [-0.39, 0.29) is 5.84 Å². The highest BCUT2D eigenvalue weighted by Gasteiger charge is 2.42. The van der Waals surface area contributed by atoms with Crippen molar-refractivity contribution in [3.63, 3.8) is 0 Å². The number of ether oxygens (including phenoxy) is 1. The summed E-state index contributed by atoms with van der Waals surface area (Å²) in [4.78, 5) is 11.7. The second kappa shape index (κ2) is 4.55. The average molecular weight is 241 g/mol. The van der Waals surface area contributed by atoms with Gasteiger partial charge in [-0.25, -0.2) is 4.79 Å². The lowest BCUT2D eigenvalue weighted by atomic mass is 9.95. The Morgan fingerprint density at radius 3 is 2.47 bits per heavy atom. The fourth-order valence-corrected chi connectivity index (χ4v) is 2.22. The van der Waals surface area contributed by atoms with Gasteiger partial charge in [-0.05, 0) is 46.0 Å². The summed E-state index contributed by atoms with van der Waals surface area (Å²) >= 11 is 0. The average Bonchev–Trinajstić information content (AvgIpc) is 2.44. The van der Waals surface area contributed by atoms with Crippen LogP contribution in [-0.2, 0) is 4.74 Å². The Hall–Kier alpha value is -1.26. The van der Waals surface area contributed by atoms with Gasteiger partial charge >= 0.3 is 6.09 Å². The van der Waals surface area contributed by atoms with Gasteiger partial charge in [-0.3, -0.25) is 5.41 Å². The van der Waals surface area contributed by atoms with Crippen LogP contribution in [0.3, 0.4) is 0 Å². The maximum absolute atomic E-state index is 11.7. The molecule has 5 heteroatoms. The molecule has 0 saturated heterocycles. The molecule has 0 aliphatic heterocycles. The van der Waals surface area contributed by atoms with Crippen molar-refractivity contribution < 1.29 is 9.53 Å². The summed E-state index contributed by atoms with van der Waals surface area (Å²) in [6.07, 6.45) is 1.89. The Balaban J connectivity index is 2.69. The highest BCUT2D eigenvalue weighted by molar-refractivity contribution is 5.91. The van der Waals surface area contributed by atoms with Crippen molar-refractivity contribution in [3.8, 4) is 0 Å². The summed E-state index contributed by atoms with van der Waals surface area (Å²) in [7, 11) is 0. The van der Waals surface area contributed by atoms with Gasteiger partial charge in [-0.1, -0.05) is 6.92 Å². The van der Waals surface area contributed by atoms with Gasteiger partial charge in [0.25, 0.3) is 0 Å². The highest BCUT2D eigenvalue weighted by Crippen LogP contribution is 2.34. The summed E-state index contributed by atoms with van der Waals surface area (Å²) in [6, 6.07) is 0. The predicted octanol–water partition coefficient (Wildman–Crippen LogP) is 2.01. The quantitative estimate of drug-likeness (QED) is 0.510.